The number of aromatic hydroxyl groups is 1. The number of azo groups is 1. The Kier molecular flexibility index (Phi) is 7.89. The van der Waals surface area contributed by atoms with Crippen molar-refractivity contribution in [2.75, 3.05) is 11.9 Å². The van der Waals surface area contributed by atoms with Gasteiger partial charge in [0, 0.05) is 11.5 Å². The van der Waals surface area contributed by atoms with Crippen LogP contribution in [0.1, 0.15) is 22.8 Å². The summed E-state index contributed by atoms with van der Waals surface area (Å²) in [6.07, 6.45) is 0. The molecule has 0 spiro atoms. The molecule has 3 N–H and O–H groups in total. The Morgan fingerprint density at radius 1 is 1.03 bits per heavy atom. The normalized spacial score (nSPS) is 11.7. The third kappa shape index (κ3) is 5.58. The molecule has 9 nitrogen and oxygen atoms in total. The number of phenols is 1. The van der Waals surface area contributed by atoms with Crippen molar-refractivity contribution in [2.45, 2.75) is 18.7 Å². The Bertz CT molecular complexity index is 1710. The van der Waals surface area contributed by atoms with Crippen molar-refractivity contribution >= 4 is 67.1 Å². The number of phenolic OH excluding ortho intramolecular Hbond substituents is 1. The molecule has 196 valence electrons. The number of carbonyl (C=O) groups is 1. The minimum Gasteiger partial charge on any atom is -0.505 e. The first-order valence-electron chi connectivity index (χ1n) is 11.2. The van der Waals surface area contributed by atoms with Gasteiger partial charge >= 0.3 is 0 Å². The standard InChI is InChI=1S/C26H21Cl2N3O6S/c1-3-37-16-8-10-22(20(28)13-16)29-26(33)18-12-15-6-4-5-7-17(15)23(24(18)32)31-30-21-11-9-19(27)25(14(21)2)38(34,35)36/h4-13,32H,3H2,1-2H3,(H,29,33)(H,34,35,36). The van der Waals surface area contributed by atoms with Crippen LogP contribution in [-0.2, 0) is 10.1 Å². The number of hydrogen-bond donors (Lipinski definition) is 3. The van der Waals surface area contributed by atoms with Gasteiger partial charge in [0.2, 0.25) is 0 Å². The number of halogens is 2. The van der Waals surface area contributed by atoms with Gasteiger partial charge in [0.15, 0.2) is 5.75 Å². The lowest BCUT2D eigenvalue weighted by molar-refractivity contribution is 0.102. The summed E-state index contributed by atoms with van der Waals surface area (Å²) in [7, 11) is -4.62. The molecule has 0 aliphatic carbocycles. The van der Waals surface area contributed by atoms with Gasteiger partial charge < -0.3 is 15.2 Å². The predicted octanol–water partition coefficient (Wildman–Crippen LogP) is 7.47. The molecule has 0 unspecified atom stereocenters. The van der Waals surface area contributed by atoms with Crippen LogP contribution in [0.5, 0.6) is 11.5 Å². The molecule has 12 heteroatoms. The first-order valence-corrected chi connectivity index (χ1v) is 13.4. The van der Waals surface area contributed by atoms with Gasteiger partial charge in [-0.2, -0.15) is 13.5 Å². The van der Waals surface area contributed by atoms with Crippen molar-refractivity contribution in [1.29, 1.82) is 0 Å². The van der Waals surface area contributed by atoms with E-state index in [1.807, 2.05) is 6.92 Å². The van der Waals surface area contributed by atoms with E-state index in [2.05, 4.69) is 15.5 Å². The fourth-order valence-electron chi connectivity index (χ4n) is 3.81. The third-order valence-electron chi connectivity index (χ3n) is 5.58. The Hall–Kier alpha value is -3.70. The summed E-state index contributed by atoms with van der Waals surface area (Å²) in [6, 6.07) is 15.9. The summed E-state index contributed by atoms with van der Waals surface area (Å²) >= 11 is 12.2. The monoisotopic (exact) mass is 573 g/mol. The van der Waals surface area contributed by atoms with Gasteiger partial charge in [-0.3, -0.25) is 9.35 Å². The number of nitrogens with zero attached hydrogens (tertiary/aromatic N) is 2. The lowest BCUT2D eigenvalue weighted by Gasteiger charge is -2.13. The van der Waals surface area contributed by atoms with E-state index in [4.69, 9.17) is 27.9 Å². The molecule has 0 heterocycles. The van der Waals surface area contributed by atoms with Crippen LogP contribution in [-0.4, -0.2) is 30.6 Å². The van der Waals surface area contributed by atoms with Gasteiger partial charge in [0.05, 0.1) is 33.6 Å². The van der Waals surface area contributed by atoms with E-state index in [0.717, 1.165) is 0 Å². The van der Waals surface area contributed by atoms with Crippen LogP contribution in [0, 0.1) is 6.92 Å². The number of nitrogens with one attached hydrogen (secondary N) is 1. The number of rotatable bonds is 7. The van der Waals surface area contributed by atoms with Crippen LogP contribution in [0.25, 0.3) is 10.8 Å². The zero-order chi connectivity index (χ0) is 27.6. The van der Waals surface area contributed by atoms with Crippen molar-refractivity contribution in [1.82, 2.24) is 0 Å². The quantitative estimate of drug-likeness (QED) is 0.155. The third-order valence-corrected chi connectivity index (χ3v) is 7.37. The first kappa shape index (κ1) is 27.3. The molecule has 0 atom stereocenters. The predicted molar refractivity (Wildman–Crippen MR) is 146 cm³/mol. The van der Waals surface area contributed by atoms with E-state index < -0.39 is 26.7 Å². The highest BCUT2D eigenvalue weighted by atomic mass is 35.5. The summed E-state index contributed by atoms with van der Waals surface area (Å²) in [5.74, 6) is -0.554. The van der Waals surface area contributed by atoms with Crippen LogP contribution < -0.4 is 10.1 Å². The molecule has 0 radical (unpaired) electrons. The Morgan fingerprint density at radius 2 is 1.76 bits per heavy atom. The van der Waals surface area contributed by atoms with E-state index in [-0.39, 0.29) is 32.5 Å². The van der Waals surface area contributed by atoms with E-state index in [0.29, 0.717) is 28.8 Å². The number of carbonyl (C=O) groups excluding carboxylic acids is 1. The van der Waals surface area contributed by atoms with Crippen LogP contribution >= 0.6 is 23.2 Å². The molecular formula is C26H21Cl2N3O6S. The molecule has 0 fully saturated rings. The average molecular weight is 574 g/mol. The summed E-state index contributed by atoms with van der Waals surface area (Å²) < 4.78 is 38.5. The maximum absolute atomic E-state index is 13.2. The summed E-state index contributed by atoms with van der Waals surface area (Å²) in [6.45, 7) is 3.70. The maximum Gasteiger partial charge on any atom is 0.296 e. The average Bonchev–Trinajstić information content (AvgIpc) is 2.85. The van der Waals surface area contributed by atoms with Gasteiger partial charge in [-0.1, -0.05) is 47.5 Å². The summed E-state index contributed by atoms with van der Waals surface area (Å²) in [5.41, 5.74) is 0.348. The van der Waals surface area contributed by atoms with Crippen LogP contribution in [0.2, 0.25) is 10.0 Å². The van der Waals surface area contributed by atoms with Crippen LogP contribution in [0.3, 0.4) is 0 Å². The Morgan fingerprint density at radius 3 is 2.45 bits per heavy atom. The molecule has 38 heavy (non-hydrogen) atoms. The van der Waals surface area contributed by atoms with Gasteiger partial charge in [-0.15, -0.1) is 5.11 Å². The lowest BCUT2D eigenvalue weighted by Crippen LogP contribution is -2.12. The van der Waals surface area contributed by atoms with Gasteiger partial charge in [-0.05, 0) is 55.1 Å². The second kappa shape index (κ2) is 11.0. The van der Waals surface area contributed by atoms with E-state index >= 15 is 0 Å². The number of benzene rings is 4. The molecule has 0 bridgehead atoms. The van der Waals surface area contributed by atoms with Crippen LogP contribution in [0.15, 0.2) is 75.8 Å². The number of ether oxygens (including phenoxy) is 1. The second-order valence-corrected chi connectivity index (χ2v) is 10.2. The minimum atomic E-state index is -4.62. The molecule has 4 aromatic carbocycles. The highest BCUT2D eigenvalue weighted by Gasteiger charge is 2.22. The van der Waals surface area contributed by atoms with E-state index in [9.17, 15) is 22.9 Å². The number of anilines is 1. The van der Waals surface area contributed by atoms with Crippen molar-refractivity contribution < 1.29 is 27.6 Å². The largest absolute Gasteiger partial charge is 0.505 e. The van der Waals surface area contributed by atoms with Crippen molar-refractivity contribution in [2.24, 2.45) is 10.2 Å². The lowest BCUT2D eigenvalue weighted by atomic mass is 10.0. The fraction of sp³-hybridized carbons (Fsp3) is 0.115. The molecule has 4 rings (SSSR count). The topological polar surface area (TPSA) is 138 Å². The summed E-state index contributed by atoms with van der Waals surface area (Å²) in [4.78, 5) is 12.7. The zero-order valence-electron chi connectivity index (χ0n) is 20.1. The Labute approximate surface area is 228 Å². The van der Waals surface area contributed by atoms with Crippen molar-refractivity contribution in [3.8, 4) is 11.5 Å². The number of fused-ring (bicyclic) bond motifs is 1. The first-order chi connectivity index (χ1) is 18.0. The van der Waals surface area contributed by atoms with Gasteiger partial charge in [0.1, 0.15) is 16.3 Å². The maximum atomic E-state index is 13.2. The van der Waals surface area contributed by atoms with Crippen molar-refractivity contribution in [3.63, 3.8) is 0 Å². The molecule has 0 saturated heterocycles. The van der Waals surface area contributed by atoms with Crippen molar-refractivity contribution in [3.05, 3.63) is 81.8 Å². The highest BCUT2D eigenvalue weighted by molar-refractivity contribution is 7.86. The molecule has 0 saturated carbocycles. The molecule has 4 aromatic rings. The molecular weight excluding hydrogens is 553 g/mol. The molecule has 0 aliphatic heterocycles. The molecule has 1 amide bonds. The minimum absolute atomic E-state index is 0.0196. The molecule has 0 aliphatic rings. The fourth-order valence-corrected chi connectivity index (χ4v) is 5.33. The van der Waals surface area contributed by atoms with Gasteiger partial charge in [-0.25, -0.2) is 0 Å². The van der Waals surface area contributed by atoms with E-state index in [1.165, 1.54) is 25.1 Å². The SMILES string of the molecule is CCOc1ccc(NC(=O)c2cc3ccccc3c(N=Nc3ccc(Cl)c(S(=O)(=O)O)c3C)c2O)c(Cl)c1. The highest BCUT2D eigenvalue weighted by Crippen LogP contribution is 2.41. The van der Waals surface area contributed by atoms with E-state index in [1.54, 1.807) is 42.5 Å². The number of amides is 1. The summed E-state index contributed by atoms with van der Waals surface area (Å²) in [5, 5.41) is 23.1. The smallest absolute Gasteiger partial charge is 0.296 e. The van der Waals surface area contributed by atoms with Crippen LogP contribution in [0.4, 0.5) is 17.1 Å². The Balaban J connectivity index is 1.77. The molecule has 0 aromatic heterocycles. The number of hydrogen-bond acceptors (Lipinski definition) is 7. The second-order valence-electron chi connectivity index (χ2n) is 8.07. The zero-order valence-corrected chi connectivity index (χ0v) is 22.4. The van der Waals surface area contributed by atoms with Gasteiger partial charge in [0.25, 0.3) is 16.0 Å².